The predicted molar refractivity (Wildman–Crippen MR) is 88.6 cm³/mol. The molecule has 0 saturated heterocycles. The van der Waals surface area contributed by atoms with Gasteiger partial charge in [-0.3, -0.25) is 0 Å². The van der Waals surface area contributed by atoms with Crippen LogP contribution < -0.4 is 10.1 Å². The standard InChI is InChI=1S/C17H16N2OS/c1-12-7-9-13(10-8-12)15-11-21-17(19-15)18-14-5-3-4-6-16(14)20-2/h3-11H,1-2H3,(H,18,19). The molecule has 3 rings (SSSR count). The number of thiazole rings is 1. The monoisotopic (exact) mass is 296 g/mol. The molecule has 0 atom stereocenters. The molecule has 3 aromatic rings. The fourth-order valence-electron chi connectivity index (χ4n) is 2.05. The first-order valence-electron chi connectivity index (χ1n) is 6.69. The van der Waals surface area contributed by atoms with E-state index >= 15 is 0 Å². The molecule has 2 aromatic carbocycles. The summed E-state index contributed by atoms with van der Waals surface area (Å²) in [5.74, 6) is 0.810. The third kappa shape index (κ3) is 3.06. The molecule has 0 aliphatic carbocycles. The Kier molecular flexibility index (Phi) is 3.88. The number of ether oxygens (including phenoxy) is 1. The van der Waals surface area contributed by atoms with Crippen molar-refractivity contribution in [1.82, 2.24) is 4.98 Å². The van der Waals surface area contributed by atoms with Crippen LogP contribution in [0.3, 0.4) is 0 Å². The molecule has 1 aromatic heterocycles. The van der Waals surface area contributed by atoms with Crippen molar-refractivity contribution in [2.24, 2.45) is 0 Å². The third-order valence-corrected chi connectivity index (χ3v) is 3.96. The van der Waals surface area contributed by atoms with Crippen LogP contribution in [-0.4, -0.2) is 12.1 Å². The number of nitrogens with zero attached hydrogens (tertiary/aromatic N) is 1. The summed E-state index contributed by atoms with van der Waals surface area (Å²) in [6.45, 7) is 2.08. The summed E-state index contributed by atoms with van der Waals surface area (Å²) in [5.41, 5.74) is 4.29. The van der Waals surface area contributed by atoms with Crippen LogP contribution in [0, 0.1) is 6.92 Å². The molecule has 4 heteroatoms. The van der Waals surface area contributed by atoms with E-state index in [2.05, 4.69) is 46.9 Å². The summed E-state index contributed by atoms with van der Waals surface area (Å²) < 4.78 is 5.34. The quantitative estimate of drug-likeness (QED) is 0.745. The Morgan fingerprint density at radius 2 is 1.81 bits per heavy atom. The van der Waals surface area contributed by atoms with Crippen molar-refractivity contribution in [2.75, 3.05) is 12.4 Å². The first kappa shape index (κ1) is 13.6. The normalized spacial score (nSPS) is 10.4. The van der Waals surface area contributed by atoms with Crippen molar-refractivity contribution in [2.45, 2.75) is 6.92 Å². The highest BCUT2D eigenvalue weighted by Gasteiger charge is 2.07. The number of aromatic nitrogens is 1. The summed E-state index contributed by atoms with van der Waals surface area (Å²) in [6.07, 6.45) is 0. The molecule has 1 heterocycles. The largest absolute Gasteiger partial charge is 0.495 e. The maximum absolute atomic E-state index is 5.34. The molecule has 0 saturated carbocycles. The number of hydrogen-bond donors (Lipinski definition) is 1. The maximum Gasteiger partial charge on any atom is 0.187 e. The van der Waals surface area contributed by atoms with Gasteiger partial charge in [0.05, 0.1) is 18.5 Å². The number of methoxy groups -OCH3 is 1. The van der Waals surface area contributed by atoms with Gasteiger partial charge in [0.1, 0.15) is 5.75 Å². The van der Waals surface area contributed by atoms with Gasteiger partial charge in [0.15, 0.2) is 5.13 Å². The minimum Gasteiger partial charge on any atom is -0.495 e. The van der Waals surface area contributed by atoms with Crippen LogP contribution in [0.2, 0.25) is 0 Å². The molecule has 0 aliphatic rings. The van der Waals surface area contributed by atoms with Gasteiger partial charge in [0, 0.05) is 10.9 Å². The molecule has 21 heavy (non-hydrogen) atoms. The van der Waals surface area contributed by atoms with Crippen LogP contribution in [0.15, 0.2) is 53.9 Å². The highest BCUT2D eigenvalue weighted by molar-refractivity contribution is 7.14. The second kappa shape index (κ2) is 5.97. The molecule has 0 fully saturated rings. The molecule has 0 spiro atoms. The van der Waals surface area contributed by atoms with Gasteiger partial charge in [-0.15, -0.1) is 11.3 Å². The Morgan fingerprint density at radius 1 is 1.05 bits per heavy atom. The molecule has 106 valence electrons. The third-order valence-electron chi connectivity index (χ3n) is 3.20. The number of hydrogen-bond acceptors (Lipinski definition) is 4. The van der Waals surface area contributed by atoms with Crippen molar-refractivity contribution in [3.63, 3.8) is 0 Å². The van der Waals surface area contributed by atoms with Crippen molar-refractivity contribution in [3.05, 3.63) is 59.5 Å². The molecule has 0 radical (unpaired) electrons. The minimum atomic E-state index is 0.810. The van der Waals surface area contributed by atoms with Gasteiger partial charge in [0.25, 0.3) is 0 Å². The first-order valence-corrected chi connectivity index (χ1v) is 7.57. The van der Waals surface area contributed by atoms with Gasteiger partial charge in [-0.25, -0.2) is 4.98 Å². The lowest BCUT2D eigenvalue weighted by molar-refractivity contribution is 0.417. The first-order chi connectivity index (χ1) is 10.3. The zero-order valence-electron chi connectivity index (χ0n) is 12.0. The lowest BCUT2D eigenvalue weighted by atomic mass is 10.1. The van der Waals surface area contributed by atoms with Gasteiger partial charge in [-0.2, -0.15) is 0 Å². The summed E-state index contributed by atoms with van der Waals surface area (Å²) in [6, 6.07) is 16.2. The van der Waals surface area contributed by atoms with E-state index in [1.54, 1.807) is 18.4 Å². The molecule has 0 amide bonds. The zero-order valence-corrected chi connectivity index (χ0v) is 12.8. The fourth-order valence-corrected chi connectivity index (χ4v) is 2.78. The molecular weight excluding hydrogens is 280 g/mol. The van der Waals surface area contributed by atoms with E-state index in [1.807, 2.05) is 24.3 Å². The van der Waals surface area contributed by atoms with Gasteiger partial charge in [-0.1, -0.05) is 42.0 Å². The number of benzene rings is 2. The lowest BCUT2D eigenvalue weighted by Gasteiger charge is -2.08. The fraction of sp³-hybridized carbons (Fsp3) is 0.118. The highest BCUT2D eigenvalue weighted by Crippen LogP contribution is 2.31. The van der Waals surface area contributed by atoms with E-state index in [0.29, 0.717) is 0 Å². The summed E-state index contributed by atoms with van der Waals surface area (Å²) in [7, 11) is 1.67. The molecule has 1 N–H and O–H groups in total. The maximum atomic E-state index is 5.34. The smallest absolute Gasteiger partial charge is 0.187 e. The van der Waals surface area contributed by atoms with E-state index < -0.39 is 0 Å². The molecular formula is C17H16N2OS. The Bertz CT molecular complexity index is 735. The van der Waals surface area contributed by atoms with Crippen molar-refractivity contribution >= 4 is 22.2 Å². The Balaban J connectivity index is 1.83. The Morgan fingerprint density at radius 3 is 2.57 bits per heavy atom. The predicted octanol–water partition coefficient (Wildman–Crippen LogP) is 4.87. The molecule has 3 nitrogen and oxygen atoms in total. The van der Waals surface area contributed by atoms with Gasteiger partial charge in [-0.05, 0) is 19.1 Å². The number of anilines is 2. The van der Waals surface area contributed by atoms with E-state index in [0.717, 1.165) is 27.8 Å². The van der Waals surface area contributed by atoms with E-state index in [1.165, 1.54) is 5.56 Å². The second-order valence-electron chi connectivity index (χ2n) is 4.73. The summed E-state index contributed by atoms with van der Waals surface area (Å²) in [4.78, 5) is 4.63. The Hall–Kier alpha value is -2.33. The summed E-state index contributed by atoms with van der Waals surface area (Å²) in [5, 5.41) is 6.22. The average molecular weight is 296 g/mol. The SMILES string of the molecule is COc1ccccc1Nc1nc(-c2ccc(C)cc2)cs1. The van der Waals surface area contributed by atoms with Crippen LogP contribution in [0.5, 0.6) is 5.75 Å². The lowest BCUT2D eigenvalue weighted by Crippen LogP contribution is -1.93. The van der Waals surface area contributed by atoms with E-state index in [4.69, 9.17) is 4.74 Å². The minimum absolute atomic E-state index is 0.810. The zero-order chi connectivity index (χ0) is 14.7. The summed E-state index contributed by atoms with van der Waals surface area (Å²) >= 11 is 1.58. The topological polar surface area (TPSA) is 34.1 Å². The molecule has 0 unspecified atom stereocenters. The van der Waals surface area contributed by atoms with Gasteiger partial charge < -0.3 is 10.1 Å². The molecule has 0 aliphatic heterocycles. The van der Waals surface area contributed by atoms with Crippen molar-refractivity contribution < 1.29 is 4.74 Å². The number of aryl methyl sites for hydroxylation is 1. The van der Waals surface area contributed by atoms with Gasteiger partial charge in [0.2, 0.25) is 0 Å². The van der Waals surface area contributed by atoms with Crippen LogP contribution in [0.4, 0.5) is 10.8 Å². The van der Waals surface area contributed by atoms with Crippen LogP contribution in [-0.2, 0) is 0 Å². The second-order valence-corrected chi connectivity index (χ2v) is 5.59. The number of para-hydroxylation sites is 2. The number of rotatable bonds is 4. The average Bonchev–Trinajstić information content (AvgIpc) is 2.97. The van der Waals surface area contributed by atoms with E-state index in [9.17, 15) is 0 Å². The van der Waals surface area contributed by atoms with E-state index in [-0.39, 0.29) is 0 Å². The number of nitrogens with one attached hydrogen (secondary N) is 1. The van der Waals surface area contributed by atoms with Gasteiger partial charge >= 0.3 is 0 Å². The van der Waals surface area contributed by atoms with Crippen LogP contribution in [0.1, 0.15) is 5.56 Å². The highest BCUT2D eigenvalue weighted by atomic mass is 32.1. The Labute approximate surface area is 128 Å². The van der Waals surface area contributed by atoms with Crippen LogP contribution in [0.25, 0.3) is 11.3 Å². The van der Waals surface area contributed by atoms with Crippen molar-refractivity contribution in [3.8, 4) is 17.0 Å². The van der Waals surface area contributed by atoms with Crippen molar-refractivity contribution in [1.29, 1.82) is 0 Å². The van der Waals surface area contributed by atoms with Crippen LogP contribution >= 0.6 is 11.3 Å². The molecule has 0 bridgehead atoms.